The van der Waals surface area contributed by atoms with Crippen molar-refractivity contribution in [2.45, 2.75) is 20.4 Å². The number of halogens is 1. The van der Waals surface area contributed by atoms with E-state index in [1.165, 1.54) is 0 Å². The maximum Gasteiger partial charge on any atom is 0.110 e. The Balaban J connectivity index is 2.58. The third-order valence-electron chi connectivity index (χ3n) is 2.64. The van der Waals surface area contributed by atoms with Gasteiger partial charge in [0.1, 0.15) is 5.82 Å². The van der Waals surface area contributed by atoms with E-state index in [2.05, 4.69) is 4.98 Å². The molecule has 3 nitrogen and oxygen atoms in total. The van der Waals surface area contributed by atoms with E-state index in [4.69, 9.17) is 17.3 Å². The van der Waals surface area contributed by atoms with Crippen molar-refractivity contribution in [3.8, 4) is 5.69 Å². The van der Waals surface area contributed by atoms with Gasteiger partial charge >= 0.3 is 0 Å². The first-order valence-corrected chi connectivity index (χ1v) is 5.51. The number of benzene rings is 1. The first-order valence-electron chi connectivity index (χ1n) is 5.14. The Hall–Kier alpha value is -1.32. The molecule has 1 aromatic heterocycles. The normalized spacial score (nSPS) is 10.8. The molecule has 2 N–H and O–H groups in total. The molecule has 0 radical (unpaired) electrons. The molecule has 0 saturated carbocycles. The topological polar surface area (TPSA) is 43.8 Å². The lowest BCUT2D eigenvalue weighted by atomic mass is 10.2. The van der Waals surface area contributed by atoms with E-state index < -0.39 is 0 Å². The zero-order valence-corrected chi connectivity index (χ0v) is 10.1. The highest BCUT2D eigenvalue weighted by molar-refractivity contribution is 6.31. The van der Waals surface area contributed by atoms with Crippen molar-refractivity contribution < 1.29 is 0 Å². The highest BCUT2D eigenvalue weighted by Crippen LogP contribution is 2.23. The fourth-order valence-corrected chi connectivity index (χ4v) is 1.90. The van der Waals surface area contributed by atoms with E-state index >= 15 is 0 Å². The van der Waals surface area contributed by atoms with Gasteiger partial charge in [-0.3, -0.25) is 0 Å². The Morgan fingerprint density at radius 3 is 2.75 bits per heavy atom. The number of hydrogen-bond donors (Lipinski definition) is 1. The summed E-state index contributed by atoms with van der Waals surface area (Å²) in [4.78, 5) is 4.37. The highest BCUT2D eigenvalue weighted by atomic mass is 35.5. The van der Waals surface area contributed by atoms with Crippen LogP contribution >= 0.6 is 11.6 Å². The van der Waals surface area contributed by atoms with Crippen molar-refractivity contribution in [3.63, 3.8) is 0 Å². The summed E-state index contributed by atoms with van der Waals surface area (Å²) < 4.78 is 2.02. The SMILES string of the molecule is Cc1c(Cl)cccc1-n1cc(CN)nc1C. The van der Waals surface area contributed by atoms with Crippen LogP contribution in [0, 0.1) is 13.8 Å². The minimum atomic E-state index is 0.452. The molecule has 0 amide bonds. The maximum atomic E-state index is 6.10. The van der Waals surface area contributed by atoms with Gasteiger partial charge < -0.3 is 10.3 Å². The Kier molecular flexibility index (Phi) is 2.99. The third-order valence-corrected chi connectivity index (χ3v) is 3.05. The van der Waals surface area contributed by atoms with Crippen LogP contribution < -0.4 is 5.73 Å². The number of nitrogens with two attached hydrogens (primary N) is 1. The lowest BCUT2D eigenvalue weighted by molar-refractivity contribution is 0.961. The third kappa shape index (κ3) is 1.84. The molecule has 0 unspecified atom stereocenters. The smallest absolute Gasteiger partial charge is 0.110 e. The quantitative estimate of drug-likeness (QED) is 0.870. The summed E-state index contributed by atoms with van der Waals surface area (Å²) in [7, 11) is 0. The van der Waals surface area contributed by atoms with Gasteiger partial charge in [-0.2, -0.15) is 0 Å². The Morgan fingerprint density at radius 2 is 2.12 bits per heavy atom. The van der Waals surface area contributed by atoms with Gasteiger partial charge in [-0.25, -0.2) is 4.98 Å². The van der Waals surface area contributed by atoms with Crippen LogP contribution in [-0.2, 0) is 6.54 Å². The van der Waals surface area contributed by atoms with Gasteiger partial charge in [0.05, 0.1) is 11.4 Å². The van der Waals surface area contributed by atoms with Gasteiger partial charge in [-0.05, 0) is 31.5 Å². The molecular weight excluding hydrogens is 222 g/mol. The molecule has 16 heavy (non-hydrogen) atoms. The van der Waals surface area contributed by atoms with Crippen LogP contribution in [0.25, 0.3) is 5.69 Å². The highest BCUT2D eigenvalue weighted by Gasteiger charge is 2.08. The van der Waals surface area contributed by atoms with E-state index in [1.54, 1.807) is 0 Å². The number of aryl methyl sites for hydroxylation is 1. The summed E-state index contributed by atoms with van der Waals surface area (Å²) in [6, 6.07) is 5.85. The number of nitrogens with zero attached hydrogens (tertiary/aromatic N) is 2. The minimum absolute atomic E-state index is 0.452. The summed E-state index contributed by atoms with van der Waals surface area (Å²) in [5.74, 6) is 0.922. The molecule has 2 rings (SSSR count). The number of aromatic nitrogens is 2. The summed E-state index contributed by atoms with van der Waals surface area (Å²) in [6.07, 6.45) is 1.95. The van der Waals surface area contributed by atoms with Crippen molar-refractivity contribution in [1.82, 2.24) is 9.55 Å². The molecule has 0 saturated heterocycles. The predicted molar refractivity (Wildman–Crippen MR) is 65.9 cm³/mol. The van der Waals surface area contributed by atoms with Gasteiger partial charge in [0.25, 0.3) is 0 Å². The molecule has 0 aliphatic carbocycles. The zero-order chi connectivity index (χ0) is 11.7. The van der Waals surface area contributed by atoms with Crippen LogP contribution in [0.5, 0.6) is 0 Å². The standard InChI is InChI=1S/C12H14ClN3/c1-8-11(13)4-3-5-12(8)16-7-10(6-14)15-9(16)2/h3-5,7H,6,14H2,1-2H3. The van der Waals surface area contributed by atoms with Gasteiger partial charge in [-0.15, -0.1) is 0 Å². The van der Waals surface area contributed by atoms with E-state index in [0.29, 0.717) is 6.54 Å². The molecule has 0 bridgehead atoms. The molecule has 0 aliphatic heterocycles. The molecule has 4 heteroatoms. The summed E-state index contributed by atoms with van der Waals surface area (Å²) in [5.41, 5.74) is 8.56. The predicted octanol–water partition coefficient (Wildman–Crippen LogP) is 2.60. The van der Waals surface area contributed by atoms with Crippen LogP contribution in [0.3, 0.4) is 0 Å². The van der Waals surface area contributed by atoms with Crippen LogP contribution in [0.4, 0.5) is 0 Å². The van der Waals surface area contributed by atoms with Gasteiger partial charge in [-0.1, -0.05) is 17.7 Å². The van der Waals surface area contributed by atoms with E-state index in [-0.39, 0.29) is 0 Å². The first-order chi connectivity index (χ1) is 7.63. The van der Waals surface area contributed by atoms with Crippen LogP contribution in [-0.4, -0.2) is 9.55 Å². The molecule has 0 spiro atoms. The molecule has 1 aromatic carbocycles. The van der Waals surface area contributed by atoms with E-state index in [9.17, 15) is 0 Å². The fraction of sp³-hybridized carbons (Fsp3) is 0.250. The summed E-state index contributed by atoms with van der Waals surface area (Å²) >= 11 is 6.10. The van der Waals surface area contributed by atoms with Crippen molar-refractivity contribution >= 4 is 11.6 Å². The van der Waals surface area contributed by atoms with Crippen molar-refractivity contribution in [2.24, 2.45) is 5.73 Å². The van der Waals surface area contributed by atoms with E-state index in [1.807, 2.05) is 42.8 Å². The zero-order valence-electron chi connectivity index (χ0n) is 9.37. The lowest BCUT2D eigenvalue weighted by Gasteiger charge is -2.09. The Bertz CT molecular complexity index is 517. The molecular formula is C12H14ClN3. The second-order valence-corrected chi connectivity index (χ2v) is 4.14. The number of imidazole rings is 1. The molecule has 1 heterocycles. The molecule has 0 fully saturated rings. The summed E-state index contributed by atoms with van der Waals surface area (Å²) in [6.45, 7) is 4.41. The maximum absolute atomic E-state index is 6.10. The molecule has 0 aliphatic rings. The first kappa shape index (κ1) is 11.2. The molecule has 2 aromatic rings. The van der Waals surface area contributed by atoms with Gasteiger partial charge in [0.15, 0.2) is 0 Å². The minimum Gasteiger partial charge on any atom is -0.325 e. The Morgan fingerprint density at radius 1 is 1.38 bits per heavy atom. The lowest BCUT2D eigenvalue weighted by Crippen LogP contribution is -1.98. The van der Waals surface area contributed by atoms with Crippen LogP contribution in [0.2, 0.25) is 5.02 Å². The average molecular weight is 236 g/mol. The average Bonchev–Trinajstić information content (AvgIpc) is 2.64. The van der Waals surface area contributed by atoms with Crippen LogP contribution in [0.1, 0.15) is 17.1 Å². The monoisotopic (exact) mass is 235 g/mol. The molecule has 84 valence electrons. The van der Waals surface area contributed by atoms with Gasteiger partial charge in [0, 0.05) is 17.8 Å². The second kappa shape index (κ2) is 4.28. The fourth-order valence-electron chi connectivity index (χ4n) is 1.73. The van der Waals surface area contributed by atoms with Crippen LogP contribution in [0.15, 0.2) is 24.4 Å². The van der Waals surface area contributed by atoms with Crippen molar-refractivity contribution in [1.29, 1.82) is 0 Å². The second-order valence-electron chi connectivity index (χ2n) is 3.74. The van der Waals surface area contributed by atoms with Gasteiger partial charge in [0.2, 0.25) is 0 Å². The Labute approximate surface area is 99.9 Å². The van der Waals surface area contributed by atoms with E-state index in [0.717, 1.165) is 27.8 Å². The van der Waals surface area contributed by atoms with Crippen molar-refractivity contribution in [3.05, 3.63) is 46.5 Å². The number of rotatable bonds is 2. The molecule has 0 atom stereocenters. The largest absolute Gasteiger partial charge is 0.325 e. The summed E-state index contributed by atoms with van der Waals surface area (Å²) in [5, 5.41) is 0.764. The van der Waals surface area contributed by atoms with Crippen molar-refractivity contribution in [2.75, 3.05) is 0 Å². The number of hydrogen-bond acceptors (Lipinski definition) is 2.